The van der Waals surface area contributed by atoms with Crippen molar-refractivity contribution in [3.8, 4) is 6.07 Å². The minimum atomic E-state index is -0.488. The van der Waals surface area contributed by atoms with Gasteiger partial charge in [-0.05, 0) is 61.8 Å². The van der Waals surface area contributed by atoms with Gasteiger partial charge in [-0.2, -0.15) is 5.26 Å². The number of benzene rings is 1. The van der Waals surface area contributed by atoms with Gasteiger partial charge in [-0.15, -0.1) is 0 Å². The van der Waals surface area contributed by atoms with Gasteiger partial charge < -0.3 is 15.2 Å². The number of amides is 1. The van der Waals surface area contributed by atoms with Crippen LogP contribution in [0.5, 0.6) is 0 Å². The van der Waals surface area contributed by atoms with Crippen LogP contribution in [0.1, 0.15) is 59.9 Å². The van der Waals surface area contributed by atoms with Crippen molar-refractivity contribution in [3.05, 3.63) is 69.7 Å². The highest BCUT2D eigenvalue weighted by Crippen LogP contribution is 2.37. The van der Waals surface area contributed by atoms with Gasteiger partial charge in [0.05, 0.1) is 11.1 Å². The van der Waals surface area contributed by atoms with Gasteiger partial charge in [-0.1, -0.05) is 12.1 Å². The number of fused-ring (bicyclic) bond motifs is 1. The Kier molecular flexibility index (Phi) is 6.13. The lowest BCUT2D eigenvalue weighted by Gasteiger charge is -2.39. The average molecular weight is 501 g/mol. The standard InChI is InChI=1S/C28H29FN6O2/c29-21-3-1-2-18-15-23(33-28(37)26(18)21)17-4-7-20(14-17)34-10-12-35(13-11-34)25-9-8-22(32-24(25)16-30)27(36)31-19-5-6-19/h1-3,8-9,15,17,19-20H,4-7,10-14H2,(H,31,36)(H,33,37). The fourth-order valence-electron chi connectivity index (χ4n) is 5.82. The van der Waals surface area contributed by atoms with E-state index in [9.17, 15) is 19.2 Å². The number of anilines is 1. The zero-order valence-corrected chi connectivity index (χ0v) is 20.5. The molecule has 0 radical (unpaired) electrons. The van der Waals surface area contributed by atoms with Crippen molar-refractivity contribution in [2.75, 3.05) is 31.1 Å². The van der Waals surface area contributed by atoms with Crippen molar-refractivity contribution in [1.29, 1.82) is 5.26 Å². The van der Waals surface area contributed by atoms with E-state index in [1.165, 1.54) is 6.07 Å². The Hall–Kier alpha value is -3.77. The minimum absolute atomic E-state index is 0.125. The first kappa shape index (κ1) is 23.6. The third-order valence-electron chi connectivity index (χ3n) is 7.98. The lowest BCUT2D eigenvalue weighted by molar-refractivity contribution is 0.0946. The van der Waals surface area contributed by atoms with Gasteiger partial charge in [-0.3, -0.25) is 14.5 Å². The van der Waals surface area contributed by atoms with Crippen LogP contribution < -0.4 is 15.8 Å². The smallest absolute Gasteiger partial charge is 0.270 e. The normalized spacial score (nSPS) is 22.2. The molecule has 37 heavy (non-hydrogen) atoms. The van der Waals surface area contributed by atoms with Crippen molar-refractivity contribution in [2.24, 2.45) is 0 Å². The number of carbonyl (C=O) groups is 1. The number of nitriles is 1. The van der Waals surface area contributed by atoms with Crippen LogP contribution in [0.3, 0.4) is 0 Å². The van der Waals surface area contributed by atoms with E-state index in [1.54, 1.807) is 18.2 Å². The molecule has 2 unspecified atom stereocenters. The second kappa shape index (κ2) is 9.60. The number of nitrogens with one attached hydrogen (secondary N) is 2. The topological polar surface area (TPSA) is 105 Å². The van der Waals surface area contributed by atoms with Crippen molar-refractivity contribution in [1.82, 2.24) is 20.2 Å². The van der Waals surface area contributed by atoms with Crippen LogP contribution in [0.2, 0.25) is 0 Å². The maximum atomic E-state index is 14.1. The summed E-state index contributed by atoms with van der Waals surface area (Å²) in [6.07, 6.45) is 4.98. The predicted octanol–water partition coefficient (Wildman–Crippen LogP) is 3.28. The van der Waals surface area contributed by atoms with Crippen LogP contribution >= 0.6 is 0 Å². The molecule has 3 aromatic rings. The maximum Gasteiger partial charge on any atom is 0.270 e. The number of H-pyrrole nitrogens is 1. The molecule has 0 bridgehead atoms. The number of carbonyl (C=O) groups excluding carboxylic acids is 1. The summed E-state index contributed by atoms with van der Waals surface area (Å²) in [6.45, 7) is 3.28. The second-order valence-corrected chi connectivity index (χ2v) is 10.4. The second-order valence-electron chi connectivity index (χ2n) is 10.4. The van der Waals surface area contributed by atoms with Crippen molar-refractivity contribution < 1.29 is 9.18 Å². The van der Waals surface area contributed by atoms with Crippen LogP contribution in [0.25, 0.3) is 10.8 Å². The summed E-state index contributed by atoms with van der Waals surface area (Å²) in [7, 11) is 0. The molecule has 1 aliphatic heterocycles. The van der Waals surface area contributed by atoms with Crippen LogP contribution in [0.15, 0.2) is 41.2 Å². The number of pyridine rings is 2. The van der Waals surface area contributed by atoms with E-state index in [-0.39, 0.29) is 40.2 Å². The number of piperazine rings is 1. The summed E-state index contributed by atoms with van der Waals surface area (Å²) >= 11 is 0. The van der Waals surface area contributed by atoms with Crippen molar-refractivity contribution >= 4 is 22.4 Å². The molecular formula is C28H29FN6O2. The van der Waals surface area contributed by atoms with Gasteiger partial charge in [-0.25, -0.2) is 9.37 Å². The number of aromatic nitrogens is 2. The molecular weight excluding hydrogens is 471 g/mol. The first-order valence-electron chi connectivity index (χ1n) is 13.0. The number of nitrogens with zero attached hydrogens (tertiary/aromatic N) is 4. The summed E-state index contributed by atoms with van der Waals surface area (Å²) in [5, 5.41) is 13.4. The molecule has 1 amide bonds. The molecule has 190 valence electrons. The molecule has 3 fully saturated rings. The van der Waals surface area contributed by atoms with E-state index in [2.05, 4.69) is 31.2 Å². The predicted molar refractivity (Wildman–Crippen MR) is 138 cm³/mol. The molecule has 3 heterocycles. The Morgan fingerprint density at radius 1 is 1.11 bits per heavy atom. The molecule has 2 N–H and O–H groups in total. The number of hydrogen-bond donors (Lipinski definition) is 2. The van der Waals surface area contributed by atoms with Gasteiger partial charge in [0, 0.05) is 49.9 Å². The van der Waals surface area contributed by atoms with E-state index < -0.39 is 5.82 Å². The summed E-state index contributed by atoms with van der Waals surface area (Å²) < 4.78 is 14.1. The Balaban J connectivity index is 1.10. The molecule has 8 nitrogen and oxygen atoms in total. The van der Waals surface area contributed by atoms with Gasteiger partial charge >= 0.3 is 0 Å². The molecule has 2 atom stereocenters. The Bertz CT molecular complexity index is 1450. The monoisotopic (exact) mass is 500 g/mol. The zero-order chi connectivity index (χ0) is 25.5. The fourth-order valence-corrected chi connectivity index (χ4v) is 5.82. The van der Waals surface area contributed by atoms with Crippen molar-refractivity contribution in [2.45, 2.75) is 50.1 Å². The number of halogens is 1. The van der Waals surface area contributed by atoms with Gasteiger partial charge in [0.15, 0.2) is 5.69 Å². The summed E-state index contributed by atoms with van der Waals surface area (Å²) in [4.78, 5) is 36.8. The van der Waals surface area contributed by atoms with E-state index in [0.717, 1.165) is 69.7 Å². The van der Waals surface area contributed by atoms with E-state index >= 15 is 0 Å². The van der Waals surface area contributed by atoms with Crippen molar-refractivity contribution in [3.63, 3.8) is 0 Å². The average Bonchev–Trinajstić information content (AvgIpc) is 3.59. The molecule has 2 aliphatic carbocycles. The lowest BCUT2D eigenvalue weighted by Crippen LogP contribution is -2.50. The molecule has 9 heteroatoms. The highest BCUT2D eigenvalue weighted by molar-refractivity contribution is 5.93. The maximum absolute atomic E-state index is 14.1. The van der Waals surface area contributed by atoms with Gasteiger partial charge in [0.1, 0.15) is 17.6 Å². The van der Waals surface area contributed by atoms with E-state index in [0.29, 0.717) is 11.4 Å². The molecule has 1 saturated heterocycles. The highest BCUT2D eigenvalue weighted by Gasteiger charge is 2.33. The Morgan fingerprint density at radius 2 is 1.92 bits per heavy atom. The highest BCUT2D eigenvalue weighted by atomic mass is 19.1. The minimum Gasteiger partial charge on any atom is -0.367 e. The largest absolute Gasteiger partial charge is 0.367 e. The Morgan fingerprint density at radius 3 is 2.68 bits per heavy atom. The number of aromatic amines is 1. The summed E-state index contributed by atoms with van der Waals surface area (Å²) in [6, 6.07) is 13.1. The lowest BCUT2D eigenvalue weighted by atomic mass is 10.00. The van der Waals surface area contributed by atoms with Crippen LogP contribution in [0.4, 0.5) is 10.1 Å². The molecule has 2 saturated carbocycles. The third-order valence-corrected chi connectivity index (χ3v) is 7.98. The summed E-state index contributed by atoms with van der Waals surface area (Å²) in [5.41, 5.74) is 1.88. The summed E-state index contributed by atoms with van der Waals surface area (Å²) in [5.74, 6) is -0.463. The van der Waals surface area contributed by atoms with Crippen LogP contribution in [0, 0.1) is 17.1 Å². The Labute approximate surface area is 214 Å². The third kappa shape index (κ3) is 4.69. The zero-order valence-electron chi connectivity index (χ0n) is 20.5. The fraction of sp³-hybridized carbons (Fsp3) is 0.429. The van der Waals surface area contributed by atoms with Crippen LogP contribution in [-0.2, 0) is 0 Å². The first-order chi connectivity index (χ1) is 18.0. The van der Waals surface area contributed by atoms with Crippen LogP contribution in [-0.4, -0.2) is 59.0 Å². The SMILES string of the molecule is N#Cc1nc(C(=O)NC2CC2)ccc1N1CCN(C2CCC(c3cc4cccc(F)c4c(=O)[nH]3)C2)CC1. The van der Waals surface area contributed by atoms with E-state index in [1.807, 2.05) is 12.1 Å². The molecule has 2 aromatic heterocycles. The van der Waals surface area contributed by atoms with Gasteiger partial charge in [0.25, 0.3) is 11.5 Å². The number of hydrogen-bond acceptors (Lipinski definition) is 6. The molecule has 6 rings (SSSR count). The quantitative estimate of drug-likeness (QED) is 0.557. The number of rotatable bonds is 5. The molecule has 0 spiro atoms. The van der Waals surface area contributed by atoms with Gasteiger partial charge in [0.2, 0.25) is 0 Å². The van der Waals surface area contributed by atoms with E-state index in [4.69, 9.17) is 0 Å². The molecule has 1 aromatic carbocycles. The first-order valence-corrected chi connectivity index (χ1v) is 13.0. The molecule has 3 aliphatic rings.